The van der Waals surface area contributed by atoms with E-state index < -0.39 is 11.6 Å². The Morgan fingerprint density at radius 1 is 1.13 bits per heavy atom. The molecule has 118 valence electrons. The summed E-state index contributed by atoms with van der Waals surface area (Å²) in [4.78, 5) is 12.1. The number of benzene rings is 2. The van der Waals surface area contributed by atoms with E-state index in [0.29, 0.717) is 0 Å². The van der Waals surface area contributed by atoms with Crippen LogP contribution in [0.5, 0.6) is 0 Å². The molecule has 3 aromatic rings. The fourth-order valence-electron chi connectivity index (χ4n) is 2.53. The Labute approximate surface area is 131 Å². The lowest BCUT2D eigenvalue weighted by atomic mass is 10.0. The highest BCUT2D eigenvalue weighted by atomic mass is 19.1. The van der Waals surface area contributed by atoms with E-state index in [1.807, 2.05) is 26.0 Å². The monoisotopic (exact) mass is 315 g/mol. The van der Waals surface area contributed by atoms with Crippen LogP contribution in [0.25, 0.3) is 11.0 Å². The molecule has 0 fully saturated rings. The number of rotatable bonds is 3. The predicted molar refractivity (Wildman–Crippen MR) is 84.4 cm³/mol. The van der Waals surface area contributed by atoms with Crippen molar-refractivity contribution in [3.63, 3.8) is 0 Å². The maximum absolute atomic E-state index is 13.1. The van der Waals surface area contributed by atoms with Crippen molar-refractivity contribution in [2.24, 2.45) is 0 Å². The summed E-state index contributed by atoms with van der Waals surface area (Å²) in [6, 6.07) is 6.77. The third kappa shape index (κ3) is 3.08. The van der Waals surface area contributed by atoms with Gasteiger partial charge in [0.2, 0.25) is 5.91 Å². The van der Waals surface area contributed by atoms with Crippen LogP contribution in [0.2, 0.25) is 0 Å². The first-order valence-corrected chi connectivity index (χ1v) is 7.16. The Bertz CT molecular complexity index is 879. The normalized spacial score (nSPS) is 11.0. The molecular weight excluding hydrogens is 300 g/mol. The van der Waals surface area contributed by atoms with Crippen molar-refractivity contribution in [1.29, 1.82) is 0 Å². The number of furan rings is 1. The van der Waals surface area contributed by atoms with E-state index in [1.54, 1.807) is 6.26 Å². The average Bonchev–Trinajstić information content (AvgIpc) is 2.85. The van der Waals surface area contributed by atoms with Gasteiger partial charge in [-0.3, -0.25) is 4.79 Å². The first-order chi connectivity index (χ1) is 10.9. The fourth-order valence-corrected chi connectivity index (χ4v) is 2.53. The van der Waals surface area contributed by atoms with E-state index in [0.717, 1.165) is 45.9 Å². The Morgan fingerprint density at radius 2 is 1.83 bits per heavy atom. The number of nitrogens with one attached hydrogen (secondary N) is 1. The molecule has 5 heteroatoms. The lowest BCUT2D eigenvalue weighted by molar-refractivity contribution is -0.115. The van der Waals surface area contributed by atoms with Gasteiger partial charge in [0.25, 0.3) is 0 Å². The van der Waals surface area contributed by atoms with Crippen molar-refractivity contribution < 1.29 is 18.0 Å². The Balaban J connectivity index is 1.82. The summed E-state index contributed by atoms with van der Waals surface area (Å²) in [5, 5.41) is 3.36. The zero-order valence-electron chi connectivity index (χ0n) is 12.7. The first-order valence-electron chi connectivity index (χ1n) is 7.16. The van der Waals surface area contributed by atoms with Crippen LogP contribution in [0, 0.1) is 25.5 Å². The van der Waals surface area contributed by atoms with Crippen molar-refractivity contribution >= 4 is 22.6 Å². The summed E-state index contributed by atoms with van der Waals surface area (Å²) in [7, 11) is 0. The van der Waals surface area contributed by atoms with Gasteiger partial charge >= 0.3 is 0 Å². The van der Waals surface area contributed by atoms with Gasteiger partial charge < -0.3 is 9.73 Å². The molecule has 23 heavy (non-hydrogen) atoms. The quantitative estimate of drug-likeness (QED) is 0.772. The van der Waals surface area contributed by atoms with Gasteiger partial charge in [-0.2, -0.15) is 0 Å². The Morgan fingerprint density at radius 3 is 2.52 bits per heavy atom. The summed E-state index contributed by atoms with van der Waals surface area (Å²) in [6.45, 7) is 3.95. The maximum atomic E-state index is 13.1. The third-order valence-corrected chi connectivity index (χ3v) is 3.84. The highest BCUT2D eigenvalue weighted by molar-refractivity contribution is 5.95. The smallest absolute Gasteiger partial charge is 0.228 e. The number of amides is 1. The summed E-state index contributed by atoms with van der Waals surface area (Å²) in [5.74, 6) is -1.84. The highest BCUT2D eigenvalue weighted by Crippen LogP contribution is 2.27. The van der Waals surface area contributed by atoms with Crippen LogP contribution in [0.1, 0.15) is 16.7 Å². The molecule has 0 saturated carbocycles. The Hall–Kier alpha value is -2.69. The number of fused-ring (bicyclic) bond motifs is 1. The number of hydrogen-bond donors (Lipinski definition) is 1. The maximum Gasteiger partial charge on any atom is 0.228 e. The molecular formula is C18H15F2NO2. The lowest BCUT2D eigenvalue weighted by Gasteiger charge is -2.05. The van der Waals surface area contributed by atoms with E-state index in [4.69, 9.17) is 4.42 Å². The van der Waals surface area contributed by atoms with E-state index in [-0.39, 0.29) is 18.0 Å². The van der Waals surface area contributed by atoms with Crippen molar-refractivity contribution in [2.75, 3.05) is 5.32 Å². The highest BCUT2D eigenvalue weighted by Gasteiger charge is 2.13. The molecule has 1 aromatic heterocycles. The molecule has 0 unspecified atom stereocenters. The molecule has 3 nitrogen and oxygen atoms in total. The molecule has 0 atom stereocenters. The molecule has 1 heterocycles. The van der Waals surface area contributed by atoms with Crippen LogP contribution < -0.4 is 5.32 Å². The number of hydrogen-bond acceptors (Lipinski definition) is 2. The van der Waals surface area contributed by atoms with E-state index >= 15 is 0 Å². The van der Waals surface area contributed by atoms with Crippen LogP contribution in [0.3, 0.4) is 0 Å². The van der Waals surface area contributed by atoms with Crippen LogP contribution in [0.4, 0.5) is 14.5 Å². The third-order valence-electron chi connectivity index (χ3n) is 3.84. The van der Waals surface area contributed by atoms with Gasteiger partial charge in [0.1, 0.15) is 17.2 Å². The van der Waals surface area contributed by atoms with Crippen molar-refractivity contribution in [1.82, 2.24) is 0 Å². The number of anilines is 1. The SMILES string of the molecule is Cc1ccc2c(CC(=O)Nc3cc(F)cc(F)c3)coc2c1C. The molecule has 0 aliphatic heterocycles. The number of halogens is 2. The van der Waals surface area contributed by atoms with Gasteiger partial charge in [0, 0.05) is 22.7 Å². The summed E-state index contributed by atoms with van der Waals surface area (Å²) >= 11 is 0. The minimum Gasteiger partial charge on any atom is -0.464 e. The van der Waals surface area contributed by atoms with Crippen molar-refractivity contribution in [2.45, 2.75) is 20.3 Å². The van der Waals surface area contributed by atoms with Gasteiger partial charge in [0.15, 0.2) is 0 Å². The molecule has 0 aliphatic carbocycles. The average molecular weight is 315 g/mol. The zero-order valence-corrected chi connectivity index (χ0v) is 12.7. The topological polar surface area (TPSA) is 42.2 Å². The summed E-state index contributed by atoms with van der Waals surface area (Å²) < 4.78 is 31.8. The molecule has 0 saturated heterocycles. The number of carbonyl (C=O) groups excluding carboxylic acids is 1. The fraction of sp³-hybridized carbons (Fsp3) is 0.167. The molecule has 2 aromatic carbocycles. The van der Waals surface area contributed by atoms with E-state index in [1.165, 1.54) is 0 Å². The number of aryl methyl sites for hydroxylation is 2. The van der Waals surface area contributed by atoms with Gasteiger partial charge in [-0.05, 0) is 37.1 Å². The second-order valence-corrected chi connectivity index (χ2v) is 5.53. The molecule has 1 amide bonds. The van der Waals surface area contributed by atoms with Crippen molar-refractivity contribution in [3.05, 3.63) is 64.9 Å². The molecule has 1 N–H and O–H groups in total. The van der Waals surface area contributed by atoms with Gasteiger partial charge in [-0.15, -0.1) is 0 Å². The Kier molecular flexibility index (Phi) is 3.86. The minimum absolute atomic E-state index is 0.0631. The molecule has 0 spiro atoms. The van der Waals surface area contributed by atoms with Gasteiger partial charge in [-0.25, -0.2) is 8.78 Å². The largest absolute Gasteiger partial charge is 0.464 e. The summed E-state index contributed by atoms with van der Waals surface area (Å²) in [5.41, 5.74) is 3.72. The second-order valence-electron chi connectivity index (χ2n) is 5.53. The predicted octanol–water partition coefficient (Wildman–Crippen LogP) is 4.51. The molecule has 0 aliphatic rings. The van der Waals surface area contributed by atoms with Crippen LogP contribution in [0.15, 0.2) is 41.0 Å². The van der Waals surface area contributed by atoms with Crippen molar-refractivity contribution in [3.8, 4) is 0 Å². The minimum atomic E-state index is -0.736. The summed E-state index contributed by atoms with van der Waals surface area (Å²) in [6.07, 6.45) is 1.61. The van der Waals surface area contributed by atoms with Crippen LogP contribution >= 0.6 is 0 Å². The standard InChI is InChI=1S/C18H15F2NO2/c1-10-3-4-16-12(9-23-18(16)11(10)2)5-17(22)21-15-7-13(19)6-14(20)8-15/h3-4,6-9H,5H2,1-2H3,(H,21,22). The molecule has 3 rings (SSSR count). The molecule has 0 bridgehead atoms. The van der Waals surface area contributed by atoms with Crippen LogP contribution in [-0.2, 0) is 11.2 Å². The van der Waals surface area contributed by atoms with Gasteiger partial charge in [0.05, 0.1) is 12.7 Å². The lowest BCUT2D eigenvalue weighted by Crippen LogP contribution is -2.14. The van der Waals surface area contributed by atoms with E-state index in [9.17, 15) is 13.6 Å². The second kappa shape index (κ2) is 5.83. The van der Waals surface area contributed by atoms with Gasteiger partial charge in [-0.1, -0.05) is 12.1 Å². The molecule has 0 radical (unpaired) electrons. The first kappa shape index (κ1) is 15.2. The van der Waals surface area contributed by atoms with Crippen LogP contribution in [-0.4, -0.2) is 5.91 Å². The van der Waals surface area contributed by atoms with E-state index in [2.05, 4.69) is 5.32 Å². The number of carbonyl (C=O) groups is 1. The zero-order chi connectivity index (χ0) is 16.6.